The summed E-state index contributed by atoms with van der Waals surface area (Å²) in [6.07, 6.45) is 6.28. The van der Waals surface area contributed by atoms with E-state index in [2.05, 4.69) is 26.1 Å². The third kappa shape index (κ3) is 5.05. The van der Waals surface area contributed by atoms with Crippen molar-refractivity contribution >= 4 is 0 Å². The molecule has 2 aliphatic rings. The lowest BCUT2D eigenvalue weighted by molar-refractivity contribution is -0.0160. The fraction of sp³-hybridized carbons (Fsp3) is 1.00. The second-order valence-electron chi connectivity index (χ2n) is 7.48. The Morgan fingerprint density at radius 2 is 1.58 bits per heavy atom. The first-order valence-corrected chi connectivity index (χ1v) is 7.90. The Morgan fingerprint density at radius 3 is 2.16 bits per heavy atom. The zero-order valence-electron chi connectivity index (χ0n) is 13.0. The lowest BCUT2D eigenvalue weighted by Gasteiger charge is -2.42. The molecule has 0 aromatic carbocycles. The second-order valence-corrected chi connectivity index (χ2v) is 7.48. The van der Waals surface area contributed by atoms with Crippen LogP contribution >= 0.6 is 0 Å². The average Bonchev–Trinajstić information content (AvgIpc) is 2.38. The molecule has 19 heavy (non-hydrogen) atoms. The largest absolute Gasteiger partial charge is 0.381 e. The van der Waals surface area contributed by atoms with Gasteiger partial charge in [-0.25, -0.2) is 0 Å². The second kappa shape index (κ2) is 6.55. The van der Waals surface area contributed by atoms with Gasteiger partial charge in [-0.15, -0.1) is 0 Å². The third-order valence-corrected chi connectivity index (χ3v) is 4.61. The van der Waals surface area contributed by atoms with Gasteiger partial charge in [0, 0.05) is 38.5 Å². The maximum Gasteiger partial charge on any atom is 0.0471 e. The van der Waals surface area contributed by atoms with Gasteiger partial charge in [0.2, 0.25) is 0 Å². The van der Waals surface area contributed by atoms with Crippen LogP contribution in [0.5, 0.6) is 0 Å². The van der Waals surface area contributed by atoms with Crippen LogP contribution in [0.25, 0.3) is 0 Å². The summed E-state index contributed by atoms with van der Waals surface area (Å²) in [5.41, 5.74) is 0.661. The van der Waals surface area contributed by atoms with Crippen LogP contribution in [0.2, 0.25) is 0 Å². The zero-order valence-corrected chi connectivity index (χ0v) is 13.0. The van der Waals surface area contributed by atoms with Gasteiger partial charge >= 0.3 is 0 Å². The Balaban J connectivity index is 1.93. The summed E-state index contributed by atoms with van der Waals surface area (Å²) in [4.78, 5) is 0. The number of hydrogen-bond acceptors (Lipinski definition) is 3. The summed E-state index contributed by atoms with van der Waals surface area (Å²) < 4.78 is 11.1. The van der Waals surface area contributed by atoms with Gasteiger partial charge < -0.3 is 14.8 Å². The molecule has 0 aromatic rings. The molecule has 2 rings (SSSR count). The molecule has 0 aliphatic carbocycles. The van der Waals surface area contributed by atoms with Gasteiger partial charge in [0.05, 0.1) is 0 Å². The normalized spacial score (nSPS) is 25.4. The summed E-state index contributed by atoms with van der Waals surface area (Å²) in [5.74, 6) is 0.855. The minimum atomic E-state index is 0.209. The minimum Gasteiger partial charge on any atom is -0.381 e. The molecule has 2 heterocycles. The van der Waals surface area contributed by atoms with E-state index in [0.29, 0.717) is 5.41 Å². The Bertz CT molecular complexity index is 260. The van der Waals surface area contributed by atoms with E-state index in [1.54, 1.807) is 0 Å². The zero-order chi connectivity index (χ0) is 13.8. The average molecular weight is 269 g/mol. The molecule has 0 atom stereocenters. The lowest BCUT2D eigenvalue weighted by Crippen LogP contribution is -2.47. The first-order valence-electron chi connectivity index (χ1n) is 7.90. The van der Waals surface area contributed by atoms with Crippen LogP contribution < -0.4 is 5.32 Å². The van der Waals surface area contributed by atoms with Crippen molar-refractivity contribution in [2.24, 2.45) is 11.3 Å². The highest BCUT2D eigenvalue weighted by Crippen LogP contribution is 2.39. The summed E-state index contributed by atoms with van der Waals surface area (Å²) in [6.45, 7) is 11.7. The quantitative estimate of drug-likeness (QED) is 0.851. The van der Waals surface area contributed by atoms with Crippen LogP contribution in [-0.2, 0) is 9.47 Å². The Morgan fingerprint density at radius 1 is 1.00 bits per heavy atom. The van der Waals surface area contributed by atoms with Crippen molar-refractivity contribution in [2.45, 2.75) is 58.4 Å². The smallest absolute Gasteiger partial charge is 0.0471 e. The van der Waals surface area contributed by atoms with Crippen molar-refractivity contribution in [2.75, 3.05) is 33.0 Å². The fourth-order valence-electron chi connectivity index (χ4n) is 3.27. The van der Waals surface area contributed by atoms with E-state index >= 15 is 0 Å². The Kier molecular flexibility index (Phi) is 5.27. The fourth-order valence-corrected chi connectivity index (χ4v) is 3.27. The van der Waals surface area contributed by atoms with Crippen LogP contribution in [0.1, 0.15) is 52.9 Å². The van der Waals surface area contributed by atoms with Crippen molar-refractivity contribution in [1.29, 1.82) is 0 Å². The molecule has 2 aliphatic heterocycles. The van der Waals surface area contributed by atoms with Gasteiger partial charge in [-0.3, -0.25) is 0 Å². The lowest BCUT2D eigenvalue weighted by atomic mass is 9.71. The van der Waals surface area contributed by atoms with Crippen LogP contribution in [0.15, 0.2) is 0 Å². The van der Waals surface area contributed by atoms with E-state index in [9.17, 15) is 0 Å². The van der Waals surface area contributed by atoms with E-state index in [-0.39, 0.29) is 5.54 Å². The highest BCUT2D eigenvalue weighted by molar-refractivity contribution is 4.89. The first kappa shape index (κ1) is 15.3. The SMILES string of the molecule is CC(C)(C)NCC1(CC2CCOCC2)CCOCC1. The number of ether oxygens (including phenoxy) is 2. The molecule has 0 unspecified atom stereocenters. The molecule has 2 fully saturated rings. The van der Waals surface area contributed by atoms with E-state index in [4.69, 9.17) is 9.47 Å². The molecule has 2 saturated heterocycles. The highest BCUT2D eigenvalue weighted by atomic mass is 16.5. The molecule has 0 saturated carbocycles. The van der Waals surface area contributed by atoms with Gasteiger partial charge in [-0.05, 0) is 64.2 Å². The van der Waals surface area contributed by atoms with Gasteiger partial charge in [0.15, 0.2) is 0 Å². The summed E-state index contributed by atoms with van der Waals surface area (Å²) in [7, 11) is 0. The molecule has 3 heteroatoms. The van der Waals surface area contributed by atoms with Crippen LogP contribution in [-0.4, -0.2) is 38.5 Å². The molecule has 0 amide bonds. The third-order valence-electron chi connectivity index (χ3n) is 4.61. The predicted molar refractivity (Wildman–Crippen MR) is 78.4 cm³/mol. The van der Waals surface area contributed by atoms with Crippen molar-refractivity contribution in [3.63, 3.8) is 0 Å². The van der Waals surface area contributed by atoms with E-state index in [0.717, 1.165) is 38.9 Å². The van der Waals surface area contributed by atoms with Gasteiger partial charge in [-0.2, -0.15) is 0 Å². The molecule has 1 N–H and O–H groups in total. The molecule has 0 radical (unpaired) electrons. The molecule has 0 spiro atoms. The van der Waals surface area contributed by atoms with Crippen molar-refractivity contribution in [3.8, 4) is 0 Å². The van der Waals surface area contributed by atoms with Gasteiger partial charge in [0.25, 0.3) is 0 Å². The highest BCUT2D eigenvalue weighted by Gasteiger charge is 2.36. The molecular formula is C16H31NO2. The molecule has 112 valence electrons. The van der Waals surface area contributed by atoms with Crippen molar-refractivity contribution < 1.29 is 9.47 Å². The molecule has 0 aromatic heterocycles. The molecule has 3 nitrogen and oxygen atoms in total. The van der Waals surface area contributed by atoms with Crippen LogP contribution in [0, 0.1) is 11.3 Å². The Labute approximate surface area is 118 Å². The maximum absolute atomic E-state index is 5.59. The number of rotatable bonds is 4. The monoisotopic (exact) mass is 269 g/mol. The maximum atomic E-state index is 5.59. The van der Waals surface area contributed by atoms with Gasteiger partial charge in [-0.1, -0.05) is 0 Å². The summed E-state index contributed by atoms with van der Waals surface area (Å²) in [5, 5.41) is 3.74. The molecular weight excluding hydrogens is 238 g/mol. The van der Waals surface area contributed by atoms with Crippen molar-refractivity contribution in [1.82, 2.24) is 5.32 Å². The van der Waals surface area contributed by atoms with E-state index in [1.165, 1.54) is 32.1 Å². The molecule has 0 bridgehead atoms. The van der Waals surface area contributed by atoms with E-state index < -0.39 is 0 Å². The van der Waals surface area contributed by atoms with Crippen molar-refractivity contribution in [3.05, 3.63) is 0 Å². The number of hydrogen-bond donors (Lipinski definition) is 1. The number of nitrogens with one attached hydrogen (secondary N) is 1. The Hall–Kier alpha value is -0.120. The van der Waals surface area contributed by atoms with Gasteiger partial charge in [0.1, 0.15) is 0 Å². The van der Waals surface area contributed by atoms with Crippen LogP contribution in [0.3, 0.4) is 0 Å². The topological polar surface area (TPSA) is 30.5 Å². The predicted octanol–water partition coefficient (Wildman–Crippen LogP) is 2.99. The van der Waals surface area contributed by atoms with E-state index in [1.807, 2.05) is 0 Å². The first-order chi connectivity index (χ1) is 8.99. The minimum absolute atomic E-state index is 0.209. The standard InChI is InChI=1S/C16H31NO2/c1-15(2,3)17-13-16(6-10-19-11-7-16)12-14-4-8-18-9-5-14/h14,17H,4-13H2,1-3H3. The summed E-state index contributed by atoms with van der Waals surface area (Å²) >= 11 is 0. The summed E-state index contributed by atoms with van der Waals surface area (Å²) in [6, 6.07) is 0. The van der Waals surface area contributed by atoms with Crippen LogP contribution in [0.4, 0.5) is 0 Å².